The summed E-state index contributed by atoms with van der Waals surface area (Å²) in [6.45, 7) is 12.2. The molecule has 0 unspecified atom stereocenters. The summed E-state index contributed by atoms with van der Waals surface area (Å²) in [6, 6.07) is 0. The Labute approximate surface area is 136 Å². The zero-order valence-electron chi connectivity index (χ0n) is 14.9. The van der Waals surface area contributed by atoms with Crippen molar-refractivity contribution in [3.05, 3.63) is 0 Å². The van der Waals surface area contributed by atoms with Crippen LogP contribution in [0.4, 0.5) is 0 Å². The molecule has 0 heterocycles. The monoisotopic (exact) mass is 313 g/mol. The van der Waals surface area contributed by atoms with E-state index < -0.39 is 0 Å². The van der Waals surface area contributed by atoms with E-state index in [1.54, 1.807) is 0 Å². The van der Waals surface area contributed by atoms with Crippen molar-refractivity contribution >= 4 is 5.96 Å². The molecule has 0 aromatic rings. The van der Waals surface area contributed by atoms with Crippen molar-refractivity contribution in [3.63, 3.8) is 0 Å². The topological polar surface area (TPSA) is 46.1 Å². The molecule has 0 bridgehead atoms. The molecule has 5 nitrogen and oxygen atoms in total. The second-order valence-electron chi connectivity index (χ2n) is 6.47. The van der Waals surface area contributed by atoms with Crippen LogP contribution in [0, 0.1) is 11.8 Å². The highest BCUT2D eigenvalue weighted by Crippen LogP contribution is 2.28. The molecule has 0 saturated heterocycles. The molecule has 0 aromatic heterocycles. The second-order valence-corrected chi connectivity index (χ2v) is 6.47. The van der Waals surface area contributed by atoms with Crippen LogP contribution in [0.1, 0.15) is 40.0 Å². The van der Waals surface area contributed by atoms with Gasteiger partial charge in [0.1, 0.15) is 0 Å². The summed E-state index contributed by atoms with van der Waals surface area (Å²) in [5, 5.41) is 3.32. The highest BCUT2D eigenvalue weighted by Gasteiger charge is 2.21. The summed E-state index contributed by atoms with van der Waals surface area (Å²) in [4.78, 5) is 6.74. The summed E-state index contributed by atoms with van der Waals surface area (Å²) in [5.74, 6) is 2.46. The van der Waals surface area contributed by atoms with Crippen molar-refractivity contribution in [1.82, 2.24) is 10.2 Å². The Kier molecular flexibility index (Phi) is 10.2. The molecule has 1 rings (SSSR count). The predicted octanol–water partition coefficient (Wildman–Crippen LogP) is 2.37. The molecule has 1 aliphatic carbocycles. The van der Waals surface area contributed by atoms with E-state index in [9.17, 15) is 0 Å². The molecule has 1 N–H and O–H groups in total. The first-order chi connectivity index (χ1) is 10.6. The molecular formula is C17H35N3O2. The number of guanidine groups is 1. The third-order valence-corrected chi connectivity index (χ3v) is 3.65. The Bertz CT molecular complexity index is 304. The smallest absolute Gasteiger partial charge is 0.193 e. The second kappa shape index (κ2) is 11.7. The zero-order chi connectivity index (χ0) is 16.2. The fourth-order valence-corrected chi connectivity index (χ4v) is 1.95. The van der Waals surface area contributed by atoms with Gasteiger partial charge in [-0.1, -0.05) is 13.8 Å². The molecule has 1 saturated carbocycles. The Morgan fingerprint density at radius 1 is 1.23 bits per heavy atom. The molecule has 0 amide bonds. The normalized spacial score (nSPS) is 15.4. The van der Waals surface area contributed by atoms with Gasteiger partial charge in [0.25, 0.3) is 0 Å². The summed E-state index contributed by atoms with van der Waals surface area (Å²) in [5.41, 5.74) is 0. The van der Waals surface area contributed by atoms with E-state index in [4.69, 9.17) is 9.47 Å². The maximum atomic E-state index is 5.69. The van der Waals surface area contributed by atoms with Gasteiger partial charge < -0.3 is 19.7 Å². The highest BCUT2D eigenvalue weighted by atomic mass is 16.5. The molecule has 0 aliphatic heterocycles. The van der Waals surface area contributed by atoms with E-state index in [1.165, 1.54) is 12.8 Å². The Morgan fingerprint density at radius 2 is 2.00 bits per heavy atom. The molecule has 130 valence electrons. The van der Waals surface area contributed by atoms with E-state index in [0.29, 0.717) is 19.1 Å². The molecule has 1 fully saturated rings. The van der Waals surface area contributed by atoms with Gasteiger partial charge in [0.05, 0.1) is 19.8 Å². The SMILES string of the molecule is CCNC(=NCCOCCC(C)C)N(C)CCOCC1CC1. The van der Waals surface area contributed by atoms with E-state index in [2.05, 4.69) is 43.0 Å². The third kappa shape index (κ3) is 10.0. The molecule has 0 atom stereocenters. The lowest BCUT2D eigenvalue weighted by Gasteiger charge is -2.22. The van der Waals surface area contributed by atoms with Gasteiger partial charge in [-0.15, -0.1) is 0 Å². The first-order valence-corrected chi connectivity index (χ1v) is 8.78. The Balaban J connectivity index is 2.14. The van der Waals surface area contributed by atoms with E-state index in [0.717, 1.165) is 51.2 Å². The standard InChI is InChI=1S/C17H35N3O2/c1-5-18-17(19-9-12-21-11-8-15(2)3)20(4)10-13-22-14-16-6-7-16/h15-16H,5-14H2,1-4H3,(H,18,19). The Hall–Kier alpha value is -0.810. The number of likely N-dealkylation sites (N-methyl/N-ethyl adjacent to an activating group) is 1. The lowest BCUT2D eigenvalue weighted by atomic mass is 10.1. The van der Waals surface area contributed by atoms with Crippen molar-refractivity contribution in [1.29, 1.82) is 0 Å². The van der Waals surface area contributed by atoms with Gasteiger partial charge in [-0.2, -0.15) is 0 Å². The molecule has 1 aliphatic rings. The minimum atomic E-state index is 0.688. The average molecular weight is 313 g/mol. The molecule has 5 heteroatoms. The minimum Gasteiger partial charge on any atom is -0.380 e. The van der Waals surface area contributed by atoms with Crippen LogP contribution in [0.3, 0.4) is 0 Å². The van der Waals surface area contributed by atoms with Gasteiger partial charge in [0, 0.05) is 33.4 Å². The van der Waals surface area contributed by atoms with Crippen LogP contribution in [0.15, 0.2) is 4.99 Å². The highest BCUT2D eigenvalue weighted by molar-refractivity contribution is 5.79. The van der Waals surface area contributed by atoms with Crippen LogP contribution < -0.4 is 5.32 Å². The van der Waals surface area contributed by atoms with Crippen LogP contribution in [-0.2, 0) is 9.47 Å². The Morgan fingerprint density at radius 3 is 2.64 bits per heavy atom. The predicted molar refractivity (Wildman–Crippen MR) is 92.4 cm³/mol. The number of aliphatic imine (C=N–C) groups is 1. The van der Waals surface area contributed by atoms with Gasteiger partial charge in [0.2, 0.25) is 0 Å². The number of hydrogen-bond donors (Lipinski definition) is 1. The fraction of sp³-hybridized carbons (Fsp3) is 0.941. The lowest BCUT2D eigenvalue weighted by Crippen LogP contribution is -2.40. The van der Waals surface area contributed by atoms with Crippen molar-refractivity contribution in [2.45, 2.75) is 40.0 Å². The molecule has 0 aromatic carbocycles. The van der Waals surface area contributed by atoms with Crippen LogP contribution >= 0.6 is 0 Å². The summed E-state index contributed by atoms with van der Waals surface area (Å²) >= 11 is 0. The van der Waals surface area contributed by atoms with Crippen LogP contribution in [-0.4, -0.2) is 64.0 Å². The number of ether oxygens (including phenoxy) is 2. The number of nitrogens with zero attached hydrogens (tertiary/aromatic N) is 2. The lowest BCUT2D eigenvalue weighted by molar-refractivity contribution is 0.114. The van der Waals surface area contributed by atoms with E-state index >= 15 is 0 Å². The van der Waals surface area contributed by atoms with Gasteiger partial charge in [0.15, 0.2) is 5.96 Å². The zero-order valence-corrected chi connectivity index (χ0v) is 14.9. The van der Waals surface area contributed by atoms with Gasteiger partial charge in [-0.3, -0.25) is 4.99 Å². The van der Waals surface area contributed by atoms with Crippen molar-refractivity contribution < 1.29 is 9.47 Å². The maximum absolute atomic E-state index is 5.69. The number of nitrogens with one attached hydrogen (secondary N) is 1. The average Bonchev–Trinajstić information content (AvgIpc) is 3.29. The molecule has 0 spiro atoms. The minimum absolute atomic E-state index is 0.688. The summed E-state index contributed by atoms with van der Waals surface area (Å²) in [6.07, 6.45) is 3.80. The quantitative estimate of drug-likeness (QED) is 0.341. The van der Waals surface area contributed by atoms with Gasteiger partial charge >= 0.3 is 0 Å². The van der Waals surface area contributed by atoms with Gasteiger partial charge in [-0.05, 0) is 38.0 Å². The van der Waals surface area contributed by atoms with Crippen LogP contribution in [0.5, 0.6) is 0 Å². The third-order valence-electron chi connectivity index (χ3n) is 3.65. The van der Waals surface area contributed by atoms with E-state index in [-0.39, 0.29) is 0 Å². The maximum Gasteiger partial charge on any atom is 0.193 e. The van der Waals surface area contributed by atoms with Crippen molar-refractivity contribution in [3.8, 4) is 0 Å². The largest absolute Gasteiger partial charge is 0.380 e. The summed E-state index contributed by atoms with van der Waals surface area (Å²) in [7, 11) is 2.06. The van der Waals surface area contributed by atoms with E-state index in [1.807, 2.05) is 0 Å². The summed E-state index contributed by atoms with van der Waals surface area (Å²) < 4.78 is 11.3. The van der Waals surface area contributed by atoms with Crippen LogP contribution in [0.25, 0.3) is 0 Å². The molecular weight excluding hydrogens is 278 g/mol. The number of hydrogen-bond acceptors (Lipinski definition) is 3. The molecule has 22 heavy (non-hydrogen) atoms. The van der Waals surface area contributed by atoms with Gasteiger partial charge in [-0.25, -0.2) is 0 Å². The first kappa shape index (κ1) is 19.2. The fourth-order valence-electron chi connectivity index (χ4n) is 1.95. The molecule has 0 radical (unpaired) electrons. The number of rotatable bonds is 12. The van der Waals surface area contributed by atoms with Crippen LogP contribution in [0.2, 0.25) is 0 Å². The van der Waals surface area contributed by atoms with Crippen molar-refractivity contribution in [2.24, 2.45) is 16.8 Å². The first-order valence-electron chi connectivity index (χ1n) is 8.78. The van der Waals surface area contributed by atoms with Crippen molar-refractivity contribution in [2.75, 3.05) is 53.1 Å².